The lowest BCUT2D eigenvalue weighted by atomic mass is 9.96. The molecule has 2 unspecified atom stereocenters. The summed E-state index contributed by atoms with van der Waals surface area (Å²) < 4.78 is 87.5. The molecule has 0 aliphatic carbocycles. The maximum absolute atomic E-state index is 13.0. The van der Waals surface area contributed by atoms with Crippen molar-refractivity contribution in [3.8, 4) is 11.5 Å². The first kappa shape index (κ1) is 33.7. The summed E-state index contributed by atoms with van der Waals surface area (Å²) in [5.41, 5.74) is 0.0522. The molecule has 2 atom stereocenters. The number of halogens is 10. The third-order valence-electron chi connectivity index (χ3n) is 6.40. The minimum atomic E-state index is -4.87. The van der Waals surface area contributed by atoms with Crippen molar-refractivity contribution in [3.63, 3.8) is 0 Å². The minimum absolute atomic E-state index is 0.0597. The smallest absolute Gasteiger partial charge is 0.430 e. The Morgan fingerprint density at radius 2 is 0.905 bits per heavy atom. The van der Waals surface area contributed by atoms with Gasteiger partial charge in [0.25, 0.3) is 0 Å². The molecule has 2 aliphatic rings. The number of hydrogen-bond acceptors (Lipinski definition) is 4. The van der Waals surface area contributed by atoms with E-state index in [0.717, 1.165) is 12.2 Å². The van der Waals surface area contributed by atoms with Crippen LogP contribution in [0.1, 0.15) is 33.4 Å². The number of hydrogen-bond donors (Lipinski definition) is 2. The fourth-order valence-electron chi connectivity index (χ4n) is 4.15. The molecule has 0 radical (unpaired) electrons. The van der Waals surface area contributed by atoms with Gasteiger partial charge in [-0.3, -0.25) is 0 Å². The fraction of sp³-hybridized carbons (Fsp3) is 0.308. The summed E-state index contributed by atoms with van der Waals surface area (Å²) in [6.07, 6.45) is -13.1. The Hall–Kier alpha value is -2.80. The molecule has 0 aromatic heterocycles. The number of carboxylic acid groups (broad SMARTS) is 2. The normalized spacial score (nSPS) is 17.9. The third kappa shape index (κ3) is 6.13. The van der Waals surface area contributed by atoms with Crippen LogP contribution in [-0.2, 0) is 9.59 Å². The molecule has 0 fully saturated rings. The Morgan fingerprint density at radius 3 is 1.14 bits per heavy atom. The number of benzene rings is 2. The summed E-state index contributed by atoms with van der Waals surface area (Å²) in [4.78, 5) is 22.1. The van der Waals surface area contributed by atoms with E-state index in [1.165, 1.54) is 0 Å². The van der Waals surface area contributed by atoms with Crippen molar-refractivity contribution in [1.29, 1.82) is 0 Å². The predicted molar refractivity (Wildman–Crippen MR) is 144 cm³/mol. The number of fused-ring (bicyclic) bond motifs is 2. The van der Waals surface area contributed by atoms with Crippen molar-refractivity contribution in [2.75, 3.05) is 0 Å². The second-order valence-electron chi connectivity index (χ2n) is 9.13. The predicted octanol–water partition coefficient (Wildman–Crippen LogP) is 8.80. The zero-order valence-electron chi connectivity index (χ0n) is 21.6. The van der Waals surface area contributed by atoms with Gasteiger partial charge >= 0.3 is 24.3 Å². The molecule has 2 aromatic carbocycles. The molecule has 0 spiro atoms. The Bertz CT molecular complexity index is 1450. The standard InChI is InChI=1S/2C13H9Cl2F3O3/c2*1-4-6-3-7(12(19)20)11(13(16,17)18)21-10(6)9(15)5(2)8(4)14/h2*3,11H,1-2H3,(H,19,20). The van der Waals surface area contributed by atoms with Gasteiger partial charge in [-0.25, -0.2) is 9.59 Å². The first-order chi connectivity index (χ1) is 19.1. The van der Waals surface area contributed by atoms with Crippen molar-refractivity contribution in [1.82, 2.24) is 0 Å². The molecule has 2 N–H and O–H groups in total. The summed E-state index contributed by atoms with van der Waals surface area (Å²) >= 11 is 24.0. The van der Waals surface area contributed by atoms with Gasteiger partial charge in [0.2, 0.25) is 12.2 Å². The minimum Gasteiger partial charge on any atom is -0.478 e. The molecule has 2 heterocycles. The third-order valence-corrected chi connectivity index (χ3v) is 8.44. The molecule has 0 amide bonds. The van der Waals surface area contributed by atoms with E-state index < -0.39 is 47.6 Å². The molecule has 16 heteroatoms. The highest BCUT2D eigenvalue weighted by molar-refractivity contribution is 6.38. The van der Waals surface area contributed by atoms with Crippen molar-refractivity contribution < 1.29 is 55.6 Å². The van der Waals surface area contributed by atoms with Crippen molar-refractivity contribution in [3.05, 3.63) is 64.6 Å². The van der Waals surface area contributed by atoms with Gasteiger partial charge in [-0.1, -0.05) is 46.4 Å². The number of aliphatic carboxylic acids is 2. The monoisotopic (exact) mass is 680 g/mol. The van der Waals surface area contributed by atoms with Gasteiger partial charge in [-0.15, -0.1) is 0 Å². The van der Waals surface area contributed by atoms with Gasteiger partial charge in [-0.05, 0) is 62.1 Å². The van der Waals surface area contributed by atoms with Crippen molar-refractivity contribution in [2.45, 2.75) is 52.3 Å². The molecular weight excluding hydrogens is 664 g/mol. The largest absolute Gasteiger partial charge is 0.478 e. The van der Waals surface area contributed by atoms with E-state index in [4.69, 9.17) is 66.1 Å². The molecule has 4 rings (SSSR count). The van der Waals surface area contributed by atoms with Gasteiger partial charge in [0.05, 0.1) is 21.2 Å². The molecule has 0 saturated heterocycles. The van der Waals surface area contributed by atoms with Crippen LogP contribution >= 0.6 is 46.4 Å². The Morgan fingerprint density at radius 1 is 0.619 bits per heavy atom. The summed E-state index contributed by atoms with van der Waals surface area (Å²) in [6.45, 7) is 6.19. The molecule has 0 saturated carbocycles. The van der Waals surface area contributed by atoms with Crippen LogP contribution in [0.15, 0.2) is 11.1 Å². The molecule has 42 heavy (non-hydrogen) atoms. The van der Waals surface area contributed by atoms with E-state index >= 15 is 0 Å². The average Bonchev–Trinajstić information content (AvgIpc) is 2.90. The highest BCUT2D eigenvalue weighted by Gasteiger charge is 2.50. The van der Waals surface area contributed by atoms with E-state index in [-0.39, 0.29) is 42.7 Å². The SMILES string of the molecule is Cc1c(Cl)c(C)c2c(c1Cl)OC(C(F)(F)F)C(C(=O)O)=C2.Cc1c(Cl)c(C)c2c(c1Cl)OC(C(F)(F)F)C(C(=O)O)=C2. The lowest BCUT2D eigenvalue weighted by molar-refractivity contribution is -0.187. The van der Waals surface area contributed by atoms with Crippen molar-refractivity contribution in [2.24, 2.45) is 0 Å². The van der Waals surface area contributed by atoms with E-state index in [2.05, 4.69) is 0 Å². The lowest BCUT2D eigenvalue weighted by Gasteiger charge is -2.29. The summed E-state index contributed by atoms with van der Waals surface area (Å²) in [5, 5.41) is 18.3. The number of rotatable bonds is 2. The van der Waals surface area contributed by atoms with Gasteiger partial charge in [-0.2, -0.15) is 26.3 Å². The van der Waals surface area contributed by atoms with Crippen molar-refractivity contribution >= 4 is 70.5 Å². The van der Waals surface area contributed by atoms with Crippen LogP contribution < -0.4 is 9.47 Å². The van der Waals surface area contributed by atoms with E-state index in [9.17, 15) is 35.9 Å². The van der Waals surface area contributed by atoms with Crippen LogP contribution in [0.2, 0.25) is 20.1 Å². The average molecular weight is 682 g/mol. The number of ether oxygens (including phenoxy) is 2. The van der Waals surface area contributed by atoms with Crippen LogP contribution in [0.3, 0.4) is 0 Å². The topological polar surface area (TPSA) is 93.1 Å². The van der Waals surface area contributed by atoms with Gasteiger partial charge in [0.1, 0.15) is 11.5 Å². The zero-order valence-corrected chi connectivity index (χ0v) is 24.6. The summed E-state index contributed by atoms with van der Waals surface area (Å²) in [7, 11) is 0. The summed E-state index contributed by atoms with van der Waals surface area (Å²) in [6, 6.07) is 0. The zero-order chi connectivity index (χ0) is 32.2. The van der Waals surface area contributed by atoms with Crippen LogP contribution in [-0.4, -0.2) is 46.7 Å². The van der Waals surface area contributed by atoms with Gasteiger partial charge in [0.15, 0.2) is 0 Å². The highest BCUT2D eigenvalue weighted by atomic mass is 35.5. The maximum atomic E-state index is 13.0. The van der Waals surface area contributed by atoms with Gasteiger partial charge < -0.3 is 19.7 Å². The molecule has 228 valence electrons. The molecule has 2 aromatic rings. The van der Waals surface area contributed by atoms with Crippen LogP contribution in [0.25, 0.3) is 12.2 Å². The molecular formula is C26H18Cl4F6O6. The fourth-order valence-corrected chi connectivity index (χ4v) is 5.12. The second kappa shape index (κ2) is 11.7. The summed E-state index contributed by atoms with van der Waals surface area (Å²) in [5.74, 6) is -3.84. The van der Waals surface area contributed by atoms with E-state index in [1.807, 2.05) is 0 Å². The first-order valence-corrected chi connectivity index (χ1v) is 12.9. The lowest BCUT2D eigenvalue weighted by Crippen LogP contribution is -2.40. The Kier molecular flexibility index (Phi) is 9.39. The quantitative estimate of drug-likeness (QED) is 0.308. The second-order valence-corrected chi connectivity index (χ2v) is 10.6. The first-order valence-electron chi connectivity index (χ1n) is 11.4. The van der Waals surface area contributed by atoms with Crippen LogP contribution in [0.5, 0.6) is 11.5 Å². The number of carboxylic acids is 2. The van der Waals surface area contributed by atoms with Crippen LogP contribution in [0, 0.1) is 27.7 Å². The number of carbonyl (C=O) groups is 2. The number of alkyl halides is 6. The Balaban J connectivity index is 0.000000230. The molecule has 6 nitrogen and oxygen atoms in total. The molecule has 0 bridgehead atoms. The van der Waals surface area contributed by atoms with E-state index in [0.29, 0.717) is 22.3 Å². The highest BCUT2D eigenvalue weighted by Crippen LogP contribution is 2.47. The molecule has 2 aliphatic heterocycles. The van der Waals surface area contributed by atoms with E-state index in [1.54, 1.807) is 27.7 Å². The van der Waals surface area contributed by atoms with Crippen LogP contribution in [0.4, 0.5) is 26.3 Å². The van der Waals surface area contributed by atoms with Gasteiger partial charge in [0, 0.05) is 21.2 Å². The Labute approximate surface area is 254 Å². The maximum Gasteiger partial charge on any atom is 0.430 e.